The van der Waals surface area contributed by atoms with Crippen molar-refractivity contribution < 1.29 is 4.79 Å². The number of benzene rings is 1. The highest BCUT2D eigenvalue weighted by molar-refractivity contribution is 6.34. The van der Waals surface area contributed by atoms with Gasteiger partial charge in [0, 0.05) is 12.2 Å². The van der Waals surface area contributed by atoms with Crippen molar-refractivity contribution in [1.82, 2.24) is 20.1 Å². The molecule has 1 aromatic carbocycles. The van der Waals surface area contributed by atoms with Crippen molar-refractivity contribution in [2.45, 2.75) is 20.0 Å². The van der Waals surface area contributed by atoms with Gasteiger partial charge in [0.05, 0.1) is 17.1 Å². The predicted molar refractivity (Wildman–Crippen MR) is 72.7 cm³/mol. The van der Waals surface area contributed by atoms with Crippen LogP contribution in [0.15, 0.2) is 24.5 Å². The minimum absolute atomic E-state index is 0.289. The normalized spacial score (nSPS) is 10.4. The number of nitrogens with zero attached hydrogens (tertiary/aromatic N) is 3. The van der Waals surface area contributed by atoms with Gasteiger partial charge in [-0.15, -0.1) is 10.2 Å². The van der Waals surface area contributed by atoms with Crippen LogP contribution in [0, 0.1) is 0 Å². The van der Waals surface area contributed by atoms with Crippen molar-refractivity contribution in [1.29, 1.82) is 0 Å². The van der Waals surface area contributed by atoms with Gasteiger partial charge in [-0.25, -0.2) is 0 Å². The van der Waals surface area contributed by atoms with E-state index in [2.05, 4.69) is 15.5 Å². The van der Waals surface area contributed by atoms with Gasteiger partial charge in [-0.2, -0.15) is 0 Å². The number of halogens is 1. The summed E-state index contributed by atoms with van der Waals surface area (Å²) in [5, 5.41) is 10.8. The van der Waals surface area contributed by atoms with E-state index in [4.69, 9.17) is 17.3 Å². The Morgan fingerprint density at radius 2 is 2.32 bits per heavy atom. The number of carbonyl (C=O) groups excluding carboxylic acids is 1. The van der Waals surface area contributed by atoms with Gasteiger partial charge in [0.25, 0.3) is 5.91 Å². The van der Waals surface area contributed by atoms with E-state index >= 15 is 0 Å². The first-order chi connectivity index (χ1) is 9.11. The minimum Gasteiger partial charge on any atom is -0.399 e. The van der Waals surface area contributed by atoms with Gasteiger partial charge in [-0.05, 0) is 25.1 Å². The van der Waals surface area contributed by atoms with Gasteiger partial charge in [-0.1, -0.05) is 11.6 Å². The molecular weight excluding hydrogens is 266 g/mol. The molecule has 0 fully saturated rings. The van der Waals surface area contributed by atoms with E-state index in [1.807, 2.05) is 11.5 Å². The molecule has 1 aromatic heterocycles. The van der Waals surface area contributed by atoms with Crippen LogP contribution < -0.4 is 11.1 Å². The molecule has 1 heterocycles. The van der Waals surface area contributed by atoms with Crippen molar-refractivity contribution in [2.24, 2.45) is 0 Å². The topological polar surface area (TPSA) is 85.8 Å². The minimum atomic E-state index is -0.289. The maximum absolute atomic E-state index is 12.0. The molecular formula is C12H14ClN5O. The zero-order valence-corrected chi connectivity index (χ0v) is 11.2. The number of hydrogen-bond acceptors (Lipinski definition) is 4. The number of anilines is 1. The summed E-state index contributed by atoms with van der Waals surface area (Å²) in [6.45, 7) is 3.01. The second-order valence-corrected chi connectivity index (χ2v) is 4.36. The summed E-state index contributed by atoms with van der Waals surface area (Å²) in [7, 11) is 0. The highest BCUT2D eigenvalue weighted by Crippen LogP contribution is 2.18. The van der Waals surface area contributed by atoms with Crippen molar-refractivity contribution >= 4 is 23.2 Å². The molecule has 0 aliphatic heterocycles. The second kappa shape index (κ2) is 5.71. The van der Waals surface area contributed by atoms with E-state index in [-0.39, 0.29) is 12.5 Å². The van der Waals surface area contributed by atoms with Gasteiger partial charge in [0.15, 0.2) is 5.82 Å². The lowest BCUT2D eigenvalue weighted by Crippen LogP contribution is -2.25. The van der Waals surface area contributed by atoms with Crippen LogP contribution in [0.2, 0.25) is 5.02 Å². The fourth-order valence-corrected chi connectivity index (χ4v) is 1.85. The third-order valence-corrected chi connectivity index (χ3v) is 3.01. The summed E-state index contributed by atoms with van der Waals surface area (Å²) < 4.78 is 1.85. The lowest BCUT2D eigenvalue weighted by molar-refractivity contribution is 0.0949. The molecule has 6 nitrogen and oxygen atoms in total. The zero-order valence-electron chi connectivity index (χ0n) is 10.4. The highest BCUT2D eigenvalue weighted by Gasteiger charge is 2.11. The van der Waals surface area contributed by atoms with Crippen LogP contribution in [0.25, 0.3) is 0 Å². The maximum atomic E-state index is 12.0. The summed E-state index contributed by atoms with van der Waals surface area (Å²) in [4.78, 5) is 12.0. The Morgan fingerprint density at radius 3 is 3.05 bits per heavy atom. The molecule has 0 atom stereocenters. The summed E-state index contributed by atoms with van der Waals surface area (Å²) >= 11 is 5.96. The van der Waals surface area contributed by atoms with E-state index in [1.165, 1.54) is 0 Å². The highest BCUT2D eigenvalue weighted by atomic mass is 35.5. The number of amides is 1. The molecule has 1 amide bonds. The summed E-state index contributed by atoms with van der Waals surface area (Å²) in [6, 6.07) is 4.79. The van der Waals surface area contributed by atoms with E-state index < -0.39 is 0 Å². The maximum Gasteiger partial charge on any atom is 0.253 e. The molecule has 100 valence electrons. The fourth-order valence-electron chi connectivity index (χ4n) is 1.65. The van der Waals surface area contributed by atoms with Gasteiger partial charge < -0.3 is 15.6 Å². The van der Waals surface area contributed by atoms with Gasteiger partial charge >= 0.3 is 0 Å². The average molecular weight is 280 g/mol. The Balaban J connectivity index is 2.07. The molecule has 0 aliphatic rings. The first-order valence-electron chi connectivity index (χ1n) is 5.81. The van der Waals surface area contributed by atoms with E-state index in [1.54, 1.807) is 24.5 Å². The second-order valence-electron chi connectivity index (χ2n) is 3.96. The smallest absolute Gasteiger partial charge is 0.253 e. The van der Waals surface area contributed by atoms with E-state index in [9.17, 15) is 4.79 Å². The number of nitrogens with two attached hydrogens (primary N) is 1. The molecule has 0 saturated carbocycles. The Bertz CT molecular complexity index is 596. The van der Waals surface area contributed by atoms with Gasteiger partial charge in [-0.3, -0.25) is 4.79 Å². The lowest BCUT2D eigenvalue weighted by Gasteiger charge is -2.07. The first-order valence-corrected chi connectivity index (χ1v) is 6.19. The van der Waals surface area contributed by atoms with Crippen LogP contribution >= 0.6 is 11.6 Å². The Hall–Kier alpha value is -2.08. The van der Waals surface area contributed by atoms with Crippen LogP contribution in [0.3, 0.4) is 0 Å². The molecule has 0 saturated heterocycles. The van der Waals surface area contributed by atoms with Gasteiger partial charge in [0.2, 0.25) is 0 Å². The van der Waals surface area contributed by atoms with Crippen molar-refractivity contribution in [3.8, 4) is 0 Å². The van der Waals surface area contributed by atoms with E-state index in [0.29, 0.717) is 22.1 Å². The Kier molecular flexibility index (Phi) is 4.01. The number of aryl methyl sites for hydroxylation is 1. The molecule has 0 aliphatic carbocycles. The van der Waals surface area contributed by atoms with Crippen LogP contribution in [0.5, 0.6) is 0 Å². The van der Waals surface area contributed by atoms with Crippen molar-refractivity contribution in [3.63, 3.8) is 0 Å². The number of carbonyl (C=O) groups is 1. The van der Waals surface area contributed by atoms with Crippen LogP contribution in [0.4, 0.5) is 5.69 Å². The standard InChI is InChI=1S/C12H14ClN5O/c1-2-18-7-16-17-11(18)6-15-12(19)9-5-8(14)3-4-10(9)13/h3-5,7H,2,6,14H2,1H3,(H,15,19). The monoisotopic (exact) mass is 279 g/mol. The molecule has 2 aromatic rings. The zero-order chi connectivity index (χ0) is 13.8. The molecule has 7 heteroatoms. The van der Waals surface area contributed by atoms with E-state index in [0.717, 1.165) is 6.54 Å². The Morgan fingerprint density at radius 1 is 1.53 bits per heavy atom. The molecule has 19 heavy (non-hydrogen) atoms. The summed E-state index contributed by atoms with van der Waals surface area (Å²) in [5.74, 6) is 0.402. The van der Waals surface area contributed by atoms with Crippen LogP contribution in [0.1, 0.15) is 23.1 Å². The number of nitrogen functional groups attached to an aromatic ring is 1. The molecule has 0 spiro atoms. The molecule has 0 bridgehead atoms. The average Bonchev–Trinajstić information content (AvgIpc) is 2.86. The summed E-state index contributed by atoms with van der Waals surface area (Å²) in [6.07, 6.45) is 1.62. The first kappa shape index (κ1) is 13.4. The lowest BCUT2D eigenvalue weighted by atomic mass is 10.2. The number of nitrogens with one attached hydrogen (secondary N) is 1. The van der Waals surface area contributed by atoms with Gasteiger partial charge in [0.1, 0.15) is 6.33 Å². The van der Waals surface area contributed by atoms with Crippen molar-refractivity contribution in [3.05, 3.63) is 40.9 Å². The summed E-state index contributed by atoms with van der Waals surface area (Å²) in [5.41, 5.74) is 6.48. The molecule has 3 N–H and O–H groups in total. The van der Waals surface area contributed by atoms with Crippen LogP contribution in [-0.4, -0.2) is 20.7 Å². The third kappa shape index (κ3) is 3.03. The largest absolute Gasteiger partial charge is 0.399 e. The quantitative estimate of drug-likeness (QED) is 0.830. The fraction of sp³-hybridized carbons (Fsp3) is 0.250. The predicted octanol–water partition coefficient (Wildman–Crippen LogP) is 1.46. The number of aromatic nitrogens is 3. The third-order valence-electron chi connectivity index (χ3n) is 2.68. The van der Waals surface area contributed by atoms with Crippen LogP contribution in [-0.2, 0) is 13.1 Å². The SMILES string of the molecule is CCn1cnnc1CNC(=O)c1cc(N)ccc1Cl. The van der Waals surface area contributed by atoms with Crippen molar-refractivity contribution in [2.75, 3.05) is 5.73 Å². The molecule has 0 unspecified atom stereocenters. The molecule has 2 rings (SSSR count). The number of rotatable bonds is 4. The molecule has 0 radical (unpaired) electrons. The Labute approximate surface area is 115 Å². The number of hydrogen-bond donors (Lipinski definition) is 2.